The molecule has 74 valence electrons. The number of hydrogen-bond donors (Lipinski definition) is 3. The first-order valence-electron chi connectivity index (χ1n) is 3.94. The molecule has 13 heavy (non-hydrogen) atoms. The van der Waals surface area contributed by atoms with Crippen LogP contribution in [-0.4, -0.2) is 47.3 Å². The summed E-state index contributed by atoms with van der Waals surface area (Å²) in [7, 11) is 3.94. The number of rotatable bonds is 4. The number of aromatic nitrogens is 3. The predicted octanol–water partition coefficient (Wildman–Crippen LogP) is -1.37. The van der Waals surface area contributed by atoms with E-state index in [0.717, 1.165) is 6.54 Å². The number of aromatic amines is 1. The number of likely N-dealkylation sites (N-methyl/N-ethyl adjacent to an activating group) is 1. The Morgan fingerprint density at radius 2 is 2.08 bits per heavy atom. The molecule has 0 aromatic carbocycles. The van der Waals surface area contributed by atoms with Crippen LogP contribution in [0.1, 0.15) is 0 Å². The molecule has 0 spiro atoms. The lowest BCUT2D eigenvalue weighted by Gasteiger charge is -2.16. The second kappa shape index (κ2) is 4.06. The molecule has 1 heterocycles. The summed E-state index contributed by atoms with van der Waals surface area (Å²) in [6.07, 6.45) is 0. The summed E-state index contributed by atoms with van der Waals surface area (Å²) in [5.74, 6) is 6.35. The predicted molar refractivity (Wildman–Crippen MR) is 50.9 cm³/mol. The van der Waals surface area contributed by atoms with Gasteiger partial charge in [0.2, 0.25) is 5.95 Å². The van der Waals surface area contributed by atoms with Crippen molar-refractivity contribution in [1.29, 1.82) is 0 Å². The average Bonchev–Trinajstić information content (AvgIpc) is 2.47. The molecule has 0 unspecified atom stereocenters. The van der Waals surface area contributed by atoms with Gasteiger partial charge in [-0.1, -0.05) is 0 Å². The van der Waals surface area contributed by atoms with Crippen molar-refractivity contribution in [3.8, 4) is 0 Å². The van der Waals surface area contributed by atoms with Crippen molar-refractivity contribution in [1.82, 2.24) is 20.1 Å². The third-order valence-corrected chi connectivity index (χ3v) is 1.54. The third-order valence-electron chi connectivity index (χ3n) is 1.54. The van der Waals surface area contributed by atoms with Gasteiger partial charge >= 0.3 is 0 Å². The zero-order chi connectivity index (χ0) is 9.84. The fraction of sp³-hybridized carbons (Fsp3) is 0.667. The van der Waals surface area contributed by atoms with Gasteiger partial charge in [-0.15, -0.1) is 5.10 Å². The second-order valence-electron chi connectivity index (χ2n) is 3.02. The molecule has 0 aliphatic heterocycles. The van der Waals surface area contributed by atoms with Gasteiger partial charge in [-0.05, 0) is 14.1 Å². The van der Waals surface area contributed by atoms with E-state index in [0.29, 0.717) is 12.5 Å². The van der Waals surface area contributed by atoms with Crippen molar-refractivity contribution in [2.24, 2.45) is 5.84 Å². The van der Waals surface area contributed by atoms with Crippen LogP contribution in [0.2, 0.25) is 0 Å². The van der Waals surface area contributed by atoms with Crippen molar-refractivity contribution in [2.75, 3.05) is 37.9 Å². The summed E-state index contributed by atoms with van der Waals surface area (Å²) in [4.78, 5) is 5.91. The first kappa shape index (κ1) is 9.75. The smallest absolute Gasteiger partial charge is 0.260 e. The first-order valence-corrected chi connectivity index (χ1v) is 3.94. The lowest BCUT2D eigenvalue weighted by Crippen LogP contribution is -2.37. The lowest BCUT2D eigenvalue weighted by molar-refractivity contribution is 0.413. The molecule has 0 bridgehead atoms. The minimum atomic E-state index is 0.273. The zero-order valence-electron chi connectivity index (χ0n) is 7.86. The van der Waals surface area contributed by atoms with E-state index in [2.05, 4.69) is 15.2 Å². The van der Waals surface area contributed by atoms with Crippen molar-refractivity contribution >= 4 is 11.9 Å². The van der Waals surface area contributed by atoms with Gasteiger partial charge in [0.25, 0.3) is 5.95 Å². The van der Waals surface area contributed by atoms with Crippen LogP contribution in [0.25, 0.3) is 0 Å². The quantitative estimate of drug-likeness (QED) is 0.395. The molecular weight excluding hydrogens is 170 g/mol. The average molecular weight is 185 g/mol. The molecule has 0 amide bonds. The molecule has 1 rings (SSSR count). The minimum absolute atomic E-state index is 0.273. The molecule has 0 aliphatic rings. The van der Waals surface area contributed by atoms with Crippen LogP contribution in [0.5, 0.6) is 0 Å². The monoisotopic (exact) mass is 185 g/mol. The molecule has 0 atom stereocenters. The van der Waals surface area contributed by atoms with Crippen LogP contribution in [0.4, 0.5) is 11.9 Å². The van der Waals surface area contributed by atoms with E-state index in [4.69, 9.17) is 11.6 Å². The molecule has 0 saturated carbocycles. The van der Waals surface area contributed by atoms with Gasteiger partial charge in [0.15, 0.2) is 0 Å². The Bertz CT molecular complexity index is 255. The number of hydrazine groups is 1. The number of nitrogen functional groups attached to an aromatic ring is 1. The molecule has 0 radical (unpaired) electrons. The number of nitrogens with two attached hydrogens (primary N) is 2. The Labute approximate surface area is 76.7 Å². The molecule has 0 saturated heterocycles. The SMILES string of the molecule is CN(C)CCN(N)c1n[nH]c(N)n1. The maximum atomic E-state index is 5.66. The zero-order valence-corrected chi connectivity index (χ0v) is 7.86. The van der Waals surface area contributed by atoms with E-state index in [-0.39, 0.29) is 5.95 Å². The van der Waals surface area contributed by atoms with E-state index in [9.17, 15) is 0 Å². The number of nitrogens with one attached hydrogen (secondary N) is 1. The van der Waals surface area contributed by atoms with Crippen LogP contribution >= 0.6 is 0 Å². The molecule has 0 fully saturated rings. The summed E-state index contributed by atoms with van der Waals surface area (Å²) < 4.78 is 0. The Kier molecular flexibility index (Phi) is 3.04. The Hall–Kier alpha value is -1.34. The first-order chi connectivity index (χ1) is 6.09. The fourth-order valence-corrected chi connectivity index (χ4v) is 0.801. The third kappa shape index (κ3) is 2.88. The van der Waals surface area contributed by atoms with E-state index >= 15 is 0 Å². The van der Waals surface area contributed by atoms with Gasteiger partial charge in [-0.25, -0.2) is 10.9 Å². The molecule has 5 N–H and O–H groups in total. The summed E-state index contributed by atoms with van der Waals surface area (Å²) in [5, 5.41) is 7.78. The van der Waals surface area contributed by atoms with E-state index in [1.807, 2.05) is 19.0 Å². The van der Waals surface area contributed by atoms with E-state index in [1.54, 1.807) is 0 Å². The van der Waals surface area contributed by atoms with Crippen molar-refractivity contribution in [3.05, 3.63) is 0 Å². The lowest BCUT2D eigenvalue weighted by atomic mass is 10.5. The summed E-state index contributed by atoms with van der Waals surface area (Å²) >= 11 is 0. The van der Waals surface area contributed by atoms with Crippen molar-refractivity contribution < 1.29 is 0 Å². The highest BCUT2D eigenvalue weighted by Gasteiger charge is 2.06. The maximum Gasteiger partial charge on any atom is 0.260 e. The van der Waals surface area contributed by atoms with Crippen LogP contribution in [0.3, 0.4) is 0 Å². The second-order valence-corrected chi connectivity index (χ2v) is 3.02. The van der Waals surface area contributed by atoms with Gasteiger partial charge < -0.3 is 10.6 Å². The Morgan fingerprint density at radius 3 is 2.54 bits per heavy atom. The molecule has 0 aliphatic carbocycles. The number of anilines is 2. The van der Waals surface area contributed by atoms with Crippen molar-refractivity contribution in [2.45, 2.75) is 0 Å². The molecule has 7 nitrogen and oxygen atoms in total. The summed E-state index contributed by atoms with van der Waals surface area (Å²) in [6.45, 7) is 1.50. The van der Waals surface area contributed by atoms with Crippen LogP contribution in [-0.2, 0) is 0 Å². The van der Waals surface area contributed by atoms with Gasteiger partial charge in [-0.2, -0.15) is 4.98 Å². The Morgan fingerprint density at radius 1 is 1.38 bits per heavy atom. The van der Waals surface area contributed by atoms with Crippen LogP contribution in [0, 0.1) is 0 Å². The summed E-state index contributed by atoms with van der Waals surface area (Å²) in [5.41, 5.74) is 5.35. The molecule has 1 aromatic rings. The maximum absolute atomic E-state index is 5.66. The van der Waals surface area contributed by atoms with Crippen molar-refractivity contribution in [3.63, 3.8) is 0 Å². The highest BCUT2D eigenvalue weighted by Crippen LogP contribution is 2.02. The fourth-order valence-electron chi connectivity index (χ4n) is 0.801. The minimum Gasteiger partial charge on any atom is -0.368 e. The molecular formula is C6H15N7. The number of hydrogen-bond acceptors (Lipinski definition) is 6. The molecule has 1 aromatic heterocycles. The highest BCUT2D eigenvalue weighted by atomic mass is 15.5. The highest BCUT2D eigenvalue weighted by molar-refractivity contribution is 5.31. The van der Waals surface area contributed by atoms with E-state index in [1.165, 1.54) is 5.01 Å². The number of H-pyrrole nitrogens is 1. The largest absolute Gasteiger partial charge is 0.368 e. The molecule has 7 heteroatoms. The van der Waals surface area contributed by atoms with E-state index < -0.39 is 0 Å². The normalized spacial score (nSPS) is 10.8. The van der Waals surface area contributed by atoms with Gasteiger partial charge in [0.05, 0.1) is 6.54 Å². The van der Waals surface area contributed by atoms with Gasteiger partial charge in [-0.3, -0.25) is 5.01 Å². The standard InChI is InChI=1S/C6H15N7/c1-12(2)3-4-13(8)6-9-5(7)10-11-6/h3-4,8H2,1-2H3,(H3,7,9,10,11). The van der Waals surface area contributed by atoms with Gasteiger partial charge in [0, 0.05) is 6.54 Å². The topological polar surface area (TPSA) is 100 Å². The Balaban J connectivity index is 2.44. The van der Waals surface area contributed by atoms with Gasteiger partial charge in [0.1, 0.15) is 0 Å². The van der Waals surface area contributed by atoms with Crippen LogP contribution in [0.15, 0.2) is 0 Å². The summed E-state index contributed by atoms with van der Waals surface area (Å²) in [6, 6.07) is 0. The number of nitrogens with zero attached hydrogens (tertiary/aromatic N) is 4. The van der Waals surface area contributed by atoms with Crippen LogP contribution < -0.4 is 16.6 Å².